The predicted octanol–water partition coefficient (Wildman–Crippen LogP) is 4.33. The van der Waals surface area contributed by atoms with Crippen LogP contribution in [0.5, 0.6) is 5.75 Å². The van der Waals surface area contributed by atoms with Crippen molar-refractivity contribution in [3.05, 3.63) is 69.8 Å². The van der Waals surface area contributed by atoms with Crippen LogP contribution in [0.4, 0.5) is 5.69 Å². The van der Waals surface area contributed by atoms with Crippen LogP contribution in [0.3, 0.4) is 0 Å². The SMILES string of the molecule is O=[N+]([O-])c1ccc(OCc2nc3ccccc3s2)c2ncccc12. The monoisotopic (exact) mass is 337 g/mol. The first-order valence-electron chi connectivity index (χ1n) is 7.22. The third-order valence-electron chi connectivity index (χ3n) is 3.60. The number of rotatable bonds is 4. The molecule has 0 radical (unpaired) electrons. The van der Waals surface area contributed by atoms with Gasteiger partial charge in [0.25, 0.3) is 5.69 Å². The quantitative estimate of drug-likeness (QED) is 0.409. The zero-order valence-electron chi connectivity index (χ0n) is 12.4. The molecule has 0 aliphatic heterocycles. The van der Waals surface area contributed by atoms with Crippen molar-refractivity contribution in [1.29, 1.82) is 0 Å². The normalized spacial score (nSPS) is 11.0. The number of non-ortho nitro benzene ring substituents is 1. The Morgan fingerprint density at radius 3 is 2.83 bits per heavy atom. The Bertz CT molecular complexity index is 1030. The molecule has 0 N–H and O–H groups in total. The Balaban J connectivity index is 1.67. The minimum atomic E-state index is -0.415. The van der Waals surface area contributed by atoms with Gasteiger partial charge in [0.15, 0.2) is 0 Å². The van der Waals surface area contributed by atoms with Crippen molar-refractivity contribution >= 4 is 38.1 Å². The van der Waals surface area contributed by atoms with E-state index in [-0.39, 0.29) is 5.69 Å². The van der Waals surface area contributed by atoms with Gasteiger partial charge < -0.3 is 4.74 Å². The summed E-state index contributed by atoms with van der Waals surface area (Å²) in [7, 11) is 0. The third-order valence-corrected chi connectivity index (χ3v) is 4.61. The molecule has 4 aromatic rings. The molecule has 2 aromatic carbocycles. The van der Waals surface area contributed by atoms with Crippen molar-refractivity contribution < 1.29 is 9.66 Å². The van der Waals surface area contributed by atoms with E-state index in [1.165, 1.54) is 6.07 Å². The Morgan fingerprint density at radius 1 is 1.12 bits per heavy atom. The first-order chi connectivity index (χ1) is 11.7. The first-order valence-corrected chi connectivity index (χ1v) is 8.03. The second-order valence-electron chi connectivity index (χ2n) is 5.10. The summed E-state index contributed by atoms with van der Waals surface area (Å²) in [4.78, 5) is 19.5. The van der Waals surface area contributed by atoms with Crippen LogP contribution in [-0.2, 0) is 6.61 Å². The van der Waals surface area contributed by atoms with Crippen LogP contribution in [0.15, 0.2) is 54.7 Å². The molecule has 118 valence electrons. The van der Waals surface area contributed by atoms with Gasteiger partial charge in [-0.2, -0.15) is 0 Å². The summed E-state index contributed by atoms with van der Waals surface area (Å²) < 4.78 is 6.93. The van der Waals surface area contributed by atoms with Crippen LogP contribution in [0.25, 0.3) is 21.1 Å². The molecular formula is C17H11N3O3S. The van der Waals surface area contributed by atoms with Crippen LogP contribution >= 0.6 is 11.3 Å². The summed E-state index contributed by atoms with van der Waals surface area (Å²) in [6.07, 6.45) is 1.59. The zero-order valence-corrected chi connectivity index (χ0v) is 13.2. The molecule has 0 bridgehead atoms. The van der Waals surface area contributed by atoms with Crippen LogP contribution in [0, 0.1) is 10.1 Å². The lowest BCUT2D eigenvalue weighted by Gasteiger charge is -2.07. The highest BCUT2D eigenvalue weighted by Crippen LogP contribution is 2.32. The van der Waals surface area contributed by atoms with Gasteiger partial charge in [-0.15, -0.1) is 11.3 Å². The van der Waals surface area contributed by atoms with Gasteiger partial charge in [-0.1, -0.05) is 12.1 Å². The summed E-state index contributed by atoms with van der Waals surface area (Å²) in [5, 5.41) is 12.4. The van der Waals surface area contributed by atoms with Gasteiger partial charge in [0.2, 0.25) is 0 Å². The summed E-state index contributed by atoms with van der Waals surface area (Å²) in [6.45, 7) is 0.294. The average Bonchev–Trinajstić information content (AvgIpc) is 3.02. The summed E-state index contributed by atoms with van der Waals surface area (Å²) >= 11 is 1.57. The number of aromatic nitrogens is 2. The van der Waals surface area contributed by atoms with Gasteiger partial charge in [-0.25, -0.2) is 4.98 Å². The lowest BCUT2D eigenvalue weighted by molar-refractivity contribution is -0.383. The largest absolute Gasteiger partial charge is 0.484 e. The number of hydrogen-bond donors (Lipinski definition) is 0. The maximum atomic E-state index is 11.1. The molecule has 24 heavy (non-hydrogen) atoms. The number of nitrogens with zero attached hydrogens (tertiary/aromatic N) is 3. The van der Waals surface area contributed by atoms with Gasteiger partial charge >= 0.3 is 0 Å². The first kappa shape index (κ1) is 14.5. The summed E-state index contributed by atoms with van der Waals surface area (Å²) in [5.74, 6) is 0.510. The smallest absolute Gasteiger partial charge is 0.279 e. The highest BCUT2D eigenvalue weighted by Gasteiger charge is 2.16. The van der Waals surface area contributed by atoms with Crippen molar-refractivity contribution in [3.8, 4) is 5.75 Å². The molecule has 7 heteroatoms. The van der Waals surface area contributed by atoms with Gasteiger partial charge in [0.1, 0.15) is 22.9 Å². The molecule has 2 heterocycles. The number of para-hydroxylation sites is 1. The number of nitro benzene ring substituents is 1. The van der Waals surface area contributed by atoms with Crippen LogP contribution in [0.1, 0.15) is 5.01 Å². The minimum Gasteiger partial charge on any atom is -0.484 e. The second-order valence-corrected chi connectivity index (χ2v) is 6.22. The van der Waals surface area contributed by atoms with E-state index in [0.717, 1.165) is 15.2 Å². The van der Waals surface area contributed by atoms with Crippen molar-refractivity contribution in [2.45, 2.75) is 6.61 Å². The number of hydrogen-bond acceptors (Lipinski definition) is 6. The van der Waals surface area contributed by atoms with E-state index in [1.807, 2.05) is 24.3 Å². The van der Waals surface area contributed by atoms with Crippen molar-refractivity contribution in [2.75, 3.05) is 0 Å². The molecule has 6 nitrogen and oxygen atoms in total. The zero-order chi connectivity index (χ0) is 16.5. The van der Waals surface area contributed by atoms with Crippen molar-refractivity contribution in [3.63, 3.8) is 0 Å². The highest BCUT2D eigenvalue weighted by molar-refractivity contribution is 7.18. The van der Waals surface area contributed by atoms with E-state index in [9.17, 15) is 10.1 Å². The fourth-order valence-electron chi connectivity index (χ4n) is 2.53. The number of fused-ring (bicyclic) bond motifs is 2. The maximum absolute atomic E-state index is 11.1. The van der Waals surface area contributed by atoms with Crippen molar-refractivity contribution in [1.82, 2.24) is 9.97 Å². The summed E-state index contributed by atoms with van der Waals surface area (Å²) in [6, 6.07) is 14.3. The molecule has 0 unspecified atom stereocenters. The van der Waals surface area contributed by atoms with E-state index >= 15 is 0 Å². The van der Waals surface area contributed by atoms with E-state index < -0.39 is 4.92 Å². The molecule has 0 aliphatic rings. The number of pyridine rings is 1. The van der Waals surface area contributed by atoms with E-state index in [2.05, 4.69) is 9.97 Å². The van der Waals surface area contributed by atoms with E-state index in [1.54, 1.807) is 35.7 Å². The molecule has 0 aliphatic carbocycles. The lowest BCUT2D eigenvalue weighted by Crippen LogP contribution is -1.98. The molecule has 2 aromatic heterocycles. The average molecular weight is 337 g/mol. The van der Waals surface area contributed by atoms with Crippen molar-refractivity contribution in [2.24, 2.45) is 0 Å². The fourth-order valence-corrected chi connectivity index (χ4v) is 3.41. The minimum absolute atomic E-state index is 0.0189. The van der Waals surface area contributed by atoms with Gasteiger partial charge in [-0.3, -0.25) is 15.1 Å². The number of benzene rings is 2. The molecule has 0 fully saturated rings. The highest BCUT2D eigenvalue weighted by atomic mass is 32.1. The third kappa shape index (κ3) is 2.55. The molecule has 0 saturated heterocycles. The van der Waals surface area contributed by atoms with Crippen LogP contribution in [-0.4, -0.2) is 14.9 Å². The van der Waals surface area contributed by atoms with E-state index in [4.69, 9.17) is 4.74 Å². The molecule has 0 amide bonds. The molecular weight excluding hydrogens is 326 g/mol. The fraction of sp³-hybridized carbons (Fsp3) is 0.0588. The molecule has 4 rings (SSSR count). The molecule has 0 spiro atoms. The van der Waals surface area contributed by atoms with Gasteiger partial charge in [0, 0.05) is 12.3 Å². The Labute approximate surface area is 140 Å². The predicted molar refractivity (Wildman–Crippen MR) is 92.3 cm³/mol. The molecule has 0 saturated carbocycles. The maximum Gasteiger partial charge on any atom is 0.279 e. The Hall–Kier alpha value is -3.06. The Kier molecular flexibility index (Phi) is 3.55. The Morgan fingerprint density at radius 2 is 2.00 bits per heavy atom. The molecule has 0 atom stereocenters. The number of ether oxygens (including phenoxy) is 1. The lowest BCUT2D eigenvalue weighted by atomic mass is 10.1. The number of thiazole rings is 1. The van der Waals surface area contributed by atoms with Gasteiger partial charge in [-0.05, 0) is 30.3 Å². The van der Waals surface area contributed by atoms with Crippen LogP contribution < -0.4 is 4.74 Å². The van der Waals surface area contributed by atoms with E-state index in [0.29, 0.717) is 23.3 Å². The number of nitro groups is 1. The van der Waals surface area contributed by atoms with Gasteiger partial charge in [0.05, 0.1) is 20.5 Å². The van der Waals surface area contributed by atoms with Crippen LogP contribution in [0.2, 0.25) is 0 Å². The summed E-state index contributed by atoms with van der Waals surface area (Å²) in [5.41, 5.74) is 1.44. The second kappa shape index (κ2) is 5.86. The standard InChI is InChI=1S/C17H11N3O3S/c21-20(22)13-7-8-14(17-11(13)4-3-9-18-17)23-10-16-19-12-5-1-2-6-15(12)24-16/h1-9H,10H2. The topological polar surface area (TPSA) is 78.2 Å².